The van der Waals surface area contributed by atoms with Crippen molar-refractivity contribution in [1.29, 1.82) is 0 Å². The molecule has 6 nitrogen and oxygen atoms in total. The summed E-state index contributed by atoms with van der Waals surface area (Å²) in [5.74, 6) is 0. The van der Waals surface area contributed by atoms with E-state index in [1.807, 2.05) is 35.2 Å². The van der Waals surface area contributed by atoms with Gasteiger partial charge in [0, 0.05) is 37.3 Å². The Morgan fingerprint density at radius 3 is 3.00 bits per heavy atom. The lowest BCUT2D eigenvalue weighted by atomic mass is 10.0. The number of aryl methyl sites for hydroxylation is 1. The number of fused-ring (bicyclic) bond motifs is 1. The second-order valence-electron chi connectivity index (χ2n) is 7.33. The van der Waals surface area contributed by atoms with Gasteiger partial charge in [-0.05, 0) is 24.8 Å². The number of rotatable bonds is 5. The lowest BCUT2D eigenvalue weighted by Crippen LogP contribution is -2.39. The number of ether oxygens (including phenoxy) is 1. The van der Waals surface area contributed by atoms with Gasteiger partial charge in [-0.25, -0.2) is 4.79 Å². The Morgan fingerprint density at radius 1 is 1.33 bits per heavy atom. The largest absolute Gasteiger partial charge is 0.376 e. The molecule has 1 N–H and O–H groups in total. The molecule has 0 aliphatic carbocycles. The van der Waals surface area contributed by atoms with Crippen molar-refractivity contribution < 1.29 is 9.53 Å². The number of nitrogens with one attached hydrogen (secondary N) is 1. The monoisotopic (exact) mass is 368 g/mol. The van der Waals surface area contributed by atoms with E-state index in [4.69, 9.17) is 9.84 Å². The van der Waals surface area contributed by atoms with E-state index in [0.717, 1.165) is 56.6 Å². The number of benzene rings is 1. The first kappa shape index (κ1) is 18.0. The number of carbonyl (C=O) groups excluding carboxylic acids is 1. The Balaban J connectivity index is 1.52. The molecule has 0 saturated carbocycles. The van der Waals surface area contributed by atoms with Gasteiger partial charge in [0.1, 0.15) is 0 Å². The fourth-order valence-corrected chi connectivity index (χ4v) is 4.17. The van der Waals surface area contributed by atoms with E-state index < -0.39 is 0 Å². The van der Waals surface area contributed by atoms with Gasteiger partial charge in [0.2, 0.25) is 0 Å². The smallest absolute Gasteiger partial charge is 0.318 e. The van der Waals surface area contributed by atoms with Crippen LogP contribution in [0.15, 0.2) is 30.3 Å². The van der Waals surface area contributed by atoms with Crippen molar-refractivity contribution in [2.75, 3.05) is 13.2 Å². The number of likely N-dealkylation sites (tertiary alicyclic amines) is 1. The lowest BCUT2D eigenvalue weighted by Gasteiger charge is -2.25. The number of aromatic nitrogens is 2. The third-order valence-electron chi connectivity index (χ3n) is 5.48. The van der Waals surface area contributed by atoms with Crippen LogP contribution >= 0.6 is 0 Å². The Hall–Kier alpha value is -2.34. The molecule has 4 rings (SSSR count). The molecule has 2 aromatic rings. The standard InChI is InChI=1S/C21H28N4O2/c1-2-11-25-18-10-13-27-15-17(18)20(23-25)19-9-6-12-24(19)21(26)22-14-16-7-4-3-5-8-16/h3-5,7-8,19H,2,6,9-15H2,1H3,(H,22,26). The van der Waals surface area contributed by atoms with Crippen LogP contribution in [0.3, 0.4) is 0 Å². The predicted octanol–water partition coefficient (Wildman–Crippen LogP) is 3.41. The molecule has 0 radical (unpaired) electrons. The van der Waals surface area contributed by atoms with E-state index in [-0.39, 0.29) is 12.1 Å². The van der Waals surface area contributed by atoms with E-state index in [1.54, 1.807) is 0 Å². The van der Waals surface area contributed by atoms with Crippen molar-refractivity contribution in [2.45, 2.75) is 58.3 Å². The zero-order chi connectivity index (χ0) is 18.6. The highest BCUT2D eigenvalue weighted by Crippen LogP contribution is 2.35. The highest BCUT2D eigenvalue weighted by molar-refractivity contribution is 5.75. The van der Waals surface area contributed by atoms with Crippen LogP contribution in [0.5, 0.6) is 0 Å². The van der Waals surface area contributed by atoms with Crippen molar-refractivity contribution in [3.8, 4) is 0 Å². The first-order valence-electron chi connectivity index (χ1n) is 10.0. The summed E-state index contributed by atoms with van der Waals surface area (Å²) in [5.41, 5.74) is 4.67. The average Bonchev–Trinajstić information content (AvgIpc) is 3.32. The molecule has 6 heteroatoms. The fraction of sp³-hybridized carbons (Fsp3) is 0.524. The minimum absolute atomic E-state index is 0.00290. The van der Waals surface area contributed by atoms with Crippen LogP contribution in [0.25, 0.3) is 0 Å². The van der Waals surface area contributed by atoms with Gasteiger partial charge in [0.05, 0.1) is 24.9 Å². The normalized spacial score (nSPS) is 19.1. The second kappa shape index (κ2) is 8.13. The number of hydrogen-bond donors (Lipinski definition) is 1. The summed E-state index contributed by atoms with van der Waals surface area (Å²) in [6.45, 7) is 5.80. The fourth-order valence-electron chi connectivity index (χ4n) is 4.17. The Morgan fingerprint density at radius 2 is 2.19 bits per heavy atom. The zero-order valence-electron chi connectivity index (χ0n) is 16.0. The summed E-state index contributed by atoms with van der Waals surface area (Å²) in [6, 6.07) is 10.1. The molecular formula is C21H28N4O2. The van der Waals surface area contributed by atoms with Crippen molar-refractivity contribution in [3.63, 3.8) is 0 Å². The van der Waals surface area contributed by atoms with Gasteiger partial charge in [0.25, 0.3) is 0 Å². The van der Waals surface area contributed by atoms with Gasteiger partial charge >= 0.3 is 6.03 Å². The molecule has 0 bridgehead atoms. The lowest BCUT2D eigenvalue weighted by molar-refractivity contribution is 0.107. The van der Waals surface area contributed by atoms with E-state index in [9.17, 15) is 4.79 Å². The summed E-state index contributed by atoms with van der Waals surface area (Å²) < 4.78 is 7.86. The van der Waals surface area contributed by atoms with E-state index >= 15 is 0 Å². The van der Waals surface area contributed by atoms with Crippen molar-refractivity contribution in [2.24, 2.45) is 0 Å². The highest BCUT2D eigenvalue weighted by atomic mass is 16.5. The summed E-state index contributed by atoms with van der Waals surface area (Å²) in [7, 11) is 0. The Labute approximate surface area is 160 Å². The molecule has 1 unspecified atom stereocenters. The molecule has 1 atom stereocenters. The molecule has 144 valence electrons. The Kier molecular flexibility index (Phi) is 5.43. The maximum Gasteiger partial charge on any atom is 0.318 e. The first-order chi connectivity index (χ1) is 13.3. The number of carbonyl (C=O) groups is 1. The van der Waals surface area contributed by atoms with Gasteiger partial charge in [-0.15, -0.1) is 0 Å². The van der Waals surface area contributed by atoms with Crippen molar-refractivity contribution in [1.82, 2.24) is 20.0 Å². The van der Waals surface area contributed by atoms with Crippen LogP contribution < -0.4 is 5.32 Å². The van der Waals surface area contributed by atoms with Gasteiger partial charge in [-0.2, -0.15) is 5.10 Å². The van der Waals surface area contributed by atoms with Crippen LogP contribution in [0.1, 0.15) is 54.7 Å². The van der Waals surface area contributed by atoms with Crippen LogP contribution in [-0.4, -0.2) is 33.9 Å². The molecule has 2 aliphatic heterocycles. The average molecular weight is 368 g/mol. The third-order valence-corrected chi connectivity index (χ3v) is 5.48. The molecule has 2 amide bonds. The highest BCUT2D eigenvalue weighted by Gasteiger charge is 2.35. The Bertz CT molecular complexity index is 787. The second-order valence-corrected chi connectivity index (χ2v) is 7.33. The predicted molar refractivity (Wildman–Crippen MR) is 103 cm³/mol. The minimum atomic E-state index is -0.00290. The van der Waals surface area contributed by atoms with E-state index in [1.165, 1.54) is 11.3 Å². The van der Waals surface area contributed by atoms with E-state index in [2.05, 4.69) is 16.9 Å². The summed E-state index contributed by atoms with van der Waals surface area (Å²) in [5, 5.41) is 8.00. The number of hydrogen-bond acceptors (Lipinski definition) is 3. The topological polar surface area (TPSA) is 59.4 Å². The van der Waals surface area contributed by atoms with Gasteiger partial charge in [-0.3, -0.25) is 4.68 Å². The number of amides is 2. The molecule has 1 fully saturated rings. The van der Waals surface area contributed by atoms with Gasteiger partial charge < -0.3 is 15.0 Å². The number of urea groups is 1. The SMILES string of the molecule is CCCn1nc(C2CCCN2C(=O)NCc2ccccc2)c2c1CCOC2. The molecule has 1 aromatic heterocycles. The van der Waals surface area contributed by atoms with E-state index in [0.29, 0.717) is 13.2 Å². The molecule has 2 aliphatic rings. The summed E-state index contributed by atoms with van der Waals surface area (Å²) >= 11 is 0. The molecule has 1 aromatic carbocycles. The summed E-state index contributed by atoms with van der Waals surface area (Å²) in [6.07, 6.45) is 3.95. The van der Waals surface area contributed by atoms with Crippen LogP contribution in [-0.2, 0) is 30.9 Å². The number of nitrogens with zero attached hydrogens (tertiary/aromatic N) is 3. The molecular weight excluding hydrogens is 340 g/mol. The summed E-state index contributed by atoms with van der Waals surface area (Å²) in [4.78, 5) is 14.8. The third kappa shape index (κ3) is 3.72. The maximum atomic E-state index is 12.9. The van der Waals surface area contributed by atoms with Crippen LogP contribution in [0, 0.1) is 0 Å². The first-order valence-corrected chi connectivity index (χ1v) is 10.0. The van der Waals surface area contributed by atoms with Crippen molar-refractivity contribution in [3.05, 3.63) is 52.8 Å². The maximum absolute atomic E-state index is 12.9. The van der Waals surface area contributed by atoms with Gasteiger partial charge in [-0.1, -0.05) is 37.3 Å². The molecule has 27 heavy (non-hydrogen) atoms. The molecule has 0 spiro atoms. The minimum Gasteiger partial charge on any atom is -0.376 e. The quantitative estimate of drug-likeness (QED) is 0.880. The van der Waals surface area contributed by atoms with Crippen LogP contribution in [0.4, 0.5) is 4.79 Å². The molecule has 3 heterocycles. The van der Waals surface area contributed by atoms with Gasteiger partial charge in [0.15, 0.2) is 0 Å². The molecule has 1 saturated heterocycles. The van der Waals surface area contributed by atoms with Crippen LogP contribution in [0.2, 0.25) is 0 Å². The zero-order valence-corrected chi connectivity index (χ0v) is 16.0. The van der Waals surface area contributed by atoms with Crippen molar-refractivity contribution >= 4 is 6.03 Å².